The van der Waals surface area contributed by atoms with Crippen molar-refractivity contribution >= 4 is 11.9 Å². The first kappa shape index (κ1) is 19.9. The fourth-order valence-electron chi connectivity index (χ4n) is 3.29. The number of imide groups is 1. The second kappa shape index (κ2) is 8.02. The number of hydrogen-bond donors (Lipinski definition) is 1. The maximum atomic E-state index is 11.9. The first-order chi connectivity index (χ1) is 13.3. The number of aliphatic hydroxyl groups is 1. The Morgan fingerprint density at radius 1 is 1.04 bits per heavy atom. The highest BCUT2D eigenvalue weighted by Crippen LogP contribution is 2.32. The van der Waals surface area contributed by atoms with Crippen LogP contribution in [0.1, 0.15) is 25.0 Å². The van der Waals surface area contributed by atoms with Gasteiger partial charge in [0.05, 0.1) is 6.54 Å². The molecule has 0 aliphatic carbocycles. The monoisotopic (exact) mass is 382 g/mol. The molecule has 2 aromatic carbocycles. The van der Waals surface area contributed by atoms with Crippen molar-refractivity contribution in [2.45, 2.75) is 25.4 Å². The number of likely N-dealkylation sites (N-methyl/N-ethyl adjacent to an activating group) is 1. The summed E-state index contributed by atoms with van der Waals surface area (Å²) in [4.78, 5) is 26.0. The fourth-order valence-corrected chi connectivity index (χ4v) is 3.29. The van der Waals surface area contributed by atoms with Gasteiger partial charge in [-0.1, -0.05) is 56.3 Å². The Bertz CT molecular complexity index is 833. The Morgan fingerprint density at radius 3 is 2.21 bits per heavy atom. The van der Waals surface area contributed by atoms with E-state index in [1.807, 2.05) is 42.5 Å². The molecule has 2 aromatic rings. The van der Waals surface area contributed by atoms with E-state index in [4.69, 9.17) is 4.74 Å². The molecule has 1 saturated heterocycles. The lowest BCUT2D eigenvalue weighted by molar-refractivity contribution is -0.126. The Kier molecular flexibility index (Phi) is 5.70. The average Bonchev–Trinajstić information content (AvgIpc) is 2.93. The number of rotatable bonds is 7. The molecule has 1 unspecified atom stereocenters. The molecule has 6 heteroatoms. The molecule has 1 atom stereocenters. The zero-order chi connectivity index (χ0) is 20.3. The number of benzene rings is 2. The van der Waals surface area contributed by atoms with Gasteiger partial charge in [0.15, 0.2) is 0 Å². The first-order valence-corrected chi connectivity index (χ1v) is 9.31. The van der Waals surface area contributed by atoms with Crippen molar-refractivity contribution in [2.24, 2.45) is 0 Å². The Hall–Kier alpha value is -2.86. The number of carbonyl (C=O) groups excluding carboxylic acids is 2. The molecule has 1 aliphatic heterocycles. The maximum Gasteiger partial charge on any atom is 0.327 e. The molecule has 3 amide bonds. The largest absolute Gasteiger partial charge is 0.491 e. The van der Waals surface area contributed by atoms with Crippen LogP contribution in [0.4, 0.5) is 4.79 Å². The Balaban J connectivity index is 1.57. The SMILES string of the molecule is CN1CC(=O)N(CC(O)COc2ccc(C(C)(C)c3ccccc3)cc2)C1=O. The van der Waals surface area contributed by atoms with Gasteiger partial charge in [0, 0.05) is 12.5 Å². The number of β-amino-alcohol motifs (C(OH)–C–C–N with tert-alkyl or cyclic N) is 1. The summed E-state index contributed by atoms with van der Waals surface area (Å²) in [6, 6.07) is 17.7. The van der Waals surface area contributed by atoms with Crippen molar-refractivity contribution < 1.29 is 19.4 Å². The van der Waals surface area contributed by atoms with Crippen LogP contribution in [0.2, 0.25) is 0 Å². The summed E-state index contributed by atoms with van der Waals surface area (Å²) >= 11 is 0. The highest BCUT2D eigenvalue weighted by molar-refractivity contribution is 6.01. The van der Waals surface area contributed by atoms with Gasteiger partial charge in [-0.25, -0.2) is 4.79 Å². The van der Waals surface area contributed by atoms with Gasteiger partial charge in [-0.2, -0.15) is 0 Å². The highest BCUT2D eigenvalue weighted by Gasteiger charge is 2.34. The lowest BCUT2D eigenvalue weighted by Crippen LogP contribution is -2.40. The molecule has 0 bridgehead atoms. The summed E-state index contributed by atoms with van der Waals surface area (Å²) in [6.45, 7) is 4.32. The minimum absolute atomic E-state index is 0.00218. The van der Waals surface area contributed by atoms with E-state index in [9.17, 15) is 14.7 Å². The molecule has 3 rings (SSSR count). The summed E-state index contributed by atoms with van der Waals surface area (Å²) in [5.41, 5.74) is 2.24. The number of hydrogen-bond acceptors (Lipinski definition) is 4. The predicted molar refractivity (Wildman–Crippen MR) is 106 cm³/mol. The van der Waals surface area contributed by atoms with Crippen molar-refractivity contribution in [1.82, 2.24) is 9.80 Å². The molecule has 0 saturated carbocycles. The van der Waals surface area contributed by atoms with Crippen LogP contribution in [0.25, 0.3) is 0 Å². The minimum atomic E-state index is -0.945. The van der Waals surface area contributed by atoms with Crippen LogP contribution in [0.3, 0.4) is 0 Å². The van der Waals surface area contributed by atoms with E-state index in [0.717, 1.165) is 10.5 Å². The third-order valence-electron chi connectivity index (χ3n) is 5.14. The molecule has 28 heavy (non-hydrogen) atoms. The zero-order valence-corrected chi connectivity index (χ0v) is 16.5. The molecule has 1 heterocycles. The topological polar surface area (TPSA) is 70.1 Å². The minimum Gasteiger partial charge on any atom is -0.491 e. The smallest absolute Gasteiger partial charge is 0.327 e. The van der Waals surface area contributed by atoms with Crippen LogP contribution in [0, 0.1) is 0 Å². The third kappa shape index (κ3) is 4.17. The van der Waals surface area contributed by atoms with Crippen LogP contribution in [-0.2, 0) is 10.2 Å². The molecular formula is C22H26N2O4. The number of aliphatic hydroxyl groups excluding tert-OH is 1. The van der Waals surface area contributed by atoms with Gasteiger partial charge in [0.2, 0.25) is 5.91 Å². The van der Waals surface area contributed by atoms with Gasteiger partial charge in [0.25, 0.3) is 0 Å². The predicted octanol–water partition coefficient (Wildman–Crippen LogP) is 2.65. The quantitative estimate of drug-likeness (QED) is 0.748. The molecule has 0 spiro atoms. The summed E-state index contributed by atoms with van der Waals surface area (Å²) in [5.74, 6) is 0.321. The van der Waals surface area contributed by atoms with Gasteiger partial charge in [-0.15, -0.1) is 0 Å². The molecule has 1 fully saturated rings. The standard InChI is InChI=1S/C22H26N2O4/c1-22(2,16-7-5-4-6-8-16)17-9-11-19(12-10-17)28-15-18(25)13-24-20(26)14-23(3)21(24)27/h4-12,18,25H,13-15H2,1-3H3. The van der Waals surface area contributed by atoms with E-state index in [1.54, 1.807) is 7.05 Å². The van der Waals surface area contributed by atoms with E-state index in [2.05, 4.69) is 26.0 Å². The zero-order valence-electron chi connectivity index (χ0n) is 16.5. The molecule has 1 aliphatic rings. The van der Waals surface area contributed by atoms with Crippen molar-refractivity contribution in [2.75, 3.05) is 26.7 Å². The second-order valence-corrected chi connectivity index (χ2v) is 7.62. The molecule has 0 radical (unpaired) electrons. The summed E-state index contributed by atoms with van der Waals surface area (Å²) < 4.78 is 5.64. The number of urea groups is 1. The van der Waals surface area contributed by atoms with Crippen LogP contribution in [0.15, 0.2) is 54.6 Å². The normalized spacial score (nSPS) is 15.9. The van der Waals surface area contributed by atoms with Crippen LogP contribution < -0.4 is 4.74 Å². The molecule has 148 valence electrons. The highest BCUT2D eigenvalue weighted by atomic mass is 16.5. The van der Waals surface area contributed by atoms with Gasteiger partial charge in [-0.3, -0.25) is 9.69 Å². The van der Waals surface area contributed by atoms with Crippen LogP contribution in [0.5, 0.6) is 5.75 Å². The van der Waals surface area contributed by atoms with Gasteiger partial charge in [0.1, 0.15) is 25.0 Å². The average molecular weight is 382 g/mol. The van der Waals surface area contributed by atoms with Crippen LogP contribution in [-0.4, -0.2) is 59.7 Å². The van der Waals surface area contributed by atoms with E-state index < -0.39 is 12.1 Å². The molecule has 6 nitrogen and oxygen atoms in total. The Labute approximate surface area is 165 Å². The van der Waals surface area contributed by atoms with E-state index >= 15 is 0 Å². The summed E-state index contributed by atoms with van der Waals surface area (Å²) in [5, 5.41) is 10.1. The number of nitrogens with zero attached hydrogens (tertiary/aromatic N) is 2. The third-order valence-corrected chi connectivity index (χ3v) is 5.14. The van der Waals surface area contributed by atoms with E-state index in [1.165, 1.54) is 10.5 Å². The number of ether oxygens (including phenoxy) is 1. The number of amides is 3. The molecule has 0 aromatic heterocycles. The fraction of sp³-hybridized carbons (Fsp3) is 0.364. The lowest BCUT2D eigenvalue weighted by Gasteiger charge is -2.26. The second-order valence-electron chi connectivity index (χ2n) is 7.62. The summed E-state index contributed by atoms with van der Waals surface area (Å²) in [6.07, 6.45) is -0.945. The maximum absolute atomic E-state index is 11.9. The molecule has 1 N–H and O–H groups in total. The lowest BCUT2D eigenvalue weighted by atomic mass is 9.78. The first-order valence-electron chi connectivity index (χ1n) is 9.31. The number of carbonyl (C=O) groups is 2. The van der Waals surface area contributed by atoms with Crippen molar-refractivity contribution in [3.8, 4) is 5.75 Å². The van der Waals surface area contributed by atoms with Crippen molar-refractivity contribution in [1.29, 1.82) is 0 Å². The van der Waals surface area contributed by atoms with Gasteiger partial charge < -0.3 is 14.7 Å². The van der Waals surface area contributed by atoms with Gasteiger partial charge in [-0.05, 0) is 23.3 Å². The Morgan fingerprint density at radius 2 is 1.64 bits per heavy atom. The van der Waals surface area contributed by atoms with Crippen LogP contribution >= 0.6 is 0 Å². The van der Waals surface area contributed by atoms with E-state index in [-0.39, 0.29) is 31.0 Å². The van der Waals surface area contributed by atoms with Crippen molar-refractivity contribution in [3.63, 3.8) is 0 Å². The van der Waals surface area contributed by atoms with Gasteiger partial charge >= 0.3 is 6.03 Å². The molecular weight excluding hydrogens is 356 g/mol. The van der Waals surface area contributed by atoms with E-state index in [0.29, 0.717) is 5.75 Å². The summed E-state index contributed by atoms with van der Waals surface area (Å²) in [7, 11) is 1.56. The van der Waals surface area contributed by atoms with Crippen molar-refractivity contribution in [3.05, 3.63) is 65.7 Å².